The van der Waals surface area contributed by atoms with E-state index in [4.69, 9.17) is 9.47 Å². The number of nitrogens with one attached hydrogen (secondary N) is 1. The van der Waals surface area contributed by atoms with Crippen LogP contribution in [0.3, 0.4) is 0 Å². The minimum atomic E-state index is -0.512. The van der Waals surface area contributed by atoms with Crippen molar-refractivity contribution in [1.29, 1.82) is 0 Å². The summed E-state index contributed by atoms with van der Waals surface area (Å²) in [5, 5.41) is 2.62. The van der Waals surface area contributed by atoms with Gasteiger partial charge in [-0.15, -0.1) is 0 Å². The number of hydrogen-bond donors (Lipinski definition) is 1. The van der Waals surface area contributed by atoms with E-state index in [1.54, 1.807) is 6.07 Å². The van der Waals surface area contributed by atoms with Crippen molar-refractivity contribution in [3.8, 4) is 17.5 Å². The third kappa shape index (κ3) is 3.30. The van der Waals surface area contributed by atoms with Crippen molar-refractivity contribution < 1.29 is 19.1 Å². The number of carbonyl (C=O) groups is 2. The fourth-order valence-electron chi connectivity index (χ4n) is 2.65. The second-order valence-electron chi connectivity index (χ2n) is 5.72. The normalized spacial score (nSPS) is 16.6. The molecule has 1 aromatic carbocycles. The minimum Gasteiger partial charge on any atom is -0.493 e. The van der Waals surface area contributed by atoms with Crippen molar-refractivity contribution in [3.05, 3.63) is 36.2 Å². The molecule has 0 spiro atoms. The van der Waals surface area contributed by atoms with Crippen LogP contribution in [-0.2, 0) is 4.79 Å². The summed E-state index contributed by atoms with van der Waals surface area (Å²) in [6.45, 7) is 6.18. The van der Waals surface area contributed by atoms with Gasteiger partial charge < -0.3 is 14.8 Å². The van der Waals surface area contributed by atoms with Crippen molar-refractivity contribution in [3.63, 3.8) is 0 Å². The molecule has 1 aromatic heterocycles. The van der Waals surface area contributed by atoms with Crippen molar-refractivity contribution in [2.45, 2.75) is 33.2 Å². The van der Waals surface area contributed by atoms with Gasteiger partial charge in [0.05, 0.1) is 24.7 Å². The number of hydrogen-bond acceptors (Lipinski definition) is 6. The van der Waals surface area contributed by atoms with Crippen LogP contribution in [0.15, 0.2) is 30.6 Å². The zero-order valence-corrected chi connectivity index (χ0v) is 14.9. The average molecular weight is 356 g/mol. The van der Waals surface area contributed by atoms with Gasteiger partial charge in [0.25, 0.3) is 5.91 Å². The maximum absolute atomic E-state index is 12.2. The van der Waals surface area contributed by atoms with Gasteiger partial charge in [-0.3, -0.25) is 4.79 Å². The first-order valence-corrected chi connectivity index (χ1v) is 8.41. The molecule has 136 valence electrons. The molecule has 0 saturated carbocycles. The van der Waals surface area contributed by atoms with Crippen LogP contribution < -0.4 is 19.7 Å². The summed E-state index contributed by atoms with van der Waals surface area (Å²) in [6, 6.07) is 4.60. The first-order chi connectivity index (χ1) is 12.5. The number of imide groups is 1. The minimum absolute atomic E-state index is 0.115. The van der Waals surface area contributed by atoms with Crippen LogP contribution in [-0.4, -0.2) is 34.6 Å². The second kappa shape index (κ2) is 7.38. The third-order valence-electron chi connectivity index (χ3n) is 4.04. The van der Waals surface area contributed by atoms with Crippen LogP contribution >= 0.6 is 0 Å². The van der Waals surface area contributed by atoms with Gasteiger partial charge in [0, 0.05) is 5.56 Å². The molecule has 26 heavy (non-hydrogen) atoms. The Morgan fingerprint density at radius 3 is 2.46 bits per heavy atom. The van der Waals surface area contributed by atoms with Crippen LogP contribution in [0.1, 0.15) is 25.8 Å². The molecule has 1 atom stereocenters. The van der Waals surface area contributed by atoms with Gasteiger partial charge in [-0.2, -0.15) is 0 Å². The van der Waals surface area contributed by atoms with E-state index in [2.05, 4.69) is 15.3 Å². The van der Waals surface area contributed by atoms with Gasteiger partial charge >= 0.3 is 12.0 Å². The first-order valence-electron chi connectivity index (χ1n) is 8.41. The van der Waals surface area contributed by atoms with E-state index in [1.807, 2.05) is 32.9 Å². The van der Waals surface area contributed by atoms with Crippen LogP contribution in [0.2, 0.25) is 0 Å². The largest absolute Gasteiger partial charge is 0.493 e. The highest BCUT2D eigenvalue weighted by Crippen LogP contribution is 2.30. The Morgan fingerprint density at radius 1 is 1.15 bits per heavy atom. The number of ether oxygens (including phenoxy) is 2. The highest BCUT2D eigenvalue weighted by Gasteiger charge is 2.38. The predicted molar refractivity (Wildman–Crippen MR) is 94.6 cm³/mol. The monoisotopic (exact) mass is 356 g/mol. The average Bonchev–Trinajstić information content (AvgIpc) is 2.93. The van der Waals surface area contributed by atoms with Gasteiger partial charge in [0.1, 0.15) is 17.5 Å². The van der Waals surface area contributed by atoms with Crippen molar-refractivity contribution in [2.75, 3.05) is 11.5 Å². The Labute approximate surface area is 151 Å². The number of aromatic nitrogens is 2. The molecule has 8 nitrogen and oxygen atoms in total. The molecule has 0 bridgehead atoms. The lowest BCUT2D eigenvalue weighted by Gasteiger charge is -2.13. The molecular weight excluding hydrogens is 336 g/mol. The lowest BCUT2D eigenvalue weighted by atomic mass is 10.2. The van der Waals surface area contributed by atoms with Gasteiger partial charge in [-0.25, -0.2) is 19.7 Å². The Morgan fingerprint density at radius 2 is 1.85 bits per heavy atom. The molecule has 3 amide bonds. The summed E-state index contributed by atoms with van der Waals surface area (Å²) in [6.07, 6.45) is 3.30. The summed E-state index contributed by atoms with van der Waals surface area (Å²) in [7, 11) is 0. The zero-order valence-electron chi connectivity index (χ0n) is 14.9. The van der Waals surface area contributed by atoms with E-state index in [-0.39, 0.29) is 11.9 Å². The van der Waals surface area contributed by atoms with E-state index in [0.717, 1.165) is 16.2 Å². The molecule has 1 saturated heterocycles. The van der Waals surface area contributed by atoms with E-state index in [9.17, 15) is 9.59 Å². The summed E-state index contributed by atoms with van der Waals surface area (Å²) in [4.78, 5) is 33.4. The maximum Gasteiger partial charge on any atom is 0.329 e. The summed E-state index contributed by atoms with van der Waals surface area (Å²) in [5.74, 6) is 0.992. The van der Waals surface area contributed by atoms with Crippen molar-refractivity contribution >= 4 is 17.6 Å². The molecule has 2 aromatic rings. The van der Waals surface area contributed by atoms with Crippen molar-refractivity contribution in [2.24, 2.45) is 0 Å². The number of benzene rings is 1. The van der Waals surface area contributed by atoms with Crippen LogP contribution in [0.4, 0.5) is 10.5 Å². The van der Waals surface area contributed by atoms with E-state index in [1.165, 1.54) is 12.4 Å². The highest BCUT2D eigenvalue weighted by atomic mass is 16.5. The van der Waals surface area contributed by atoms with Crippen molar-refractivity contribution in [1.82, 2.24) is 15.3 Å². The third-order valence-corrected chi connectivity index (χ3v) is 4.04. The van der Waals surface area contributed by atoms with Crippen LogP contribution in [0.5, 0.6) is 17.5 Å². The Bertz CT molecular complexity index is 822. The SMILES string of the molecule is CCOc1cccc(Oc2ncc(N3C(=O)N[C@H](CC)C3=O)cn2)c1C. The fraction of sp³-hybridized carbons (Fsp3) is 0.333. The molecule has 2 heterocycles. The molecule has 3 rings (SSSR count). The lowest BCUT2D eigenvalue weighted by molar-refractivity contribution is -0.118. The number of anilines is 1. The smallest absolute Gasteiger partial charge is 0.329 e. The van der Waals surface area contributed by atoms with Gasteiger partial charge in [-0.05, 0) is 32.4 Å². The van der Waals surface area contributed by atoms with Crippen LogP contribution in [0.25, 0.3) is 0 Å². The van der Waals surface area contributed by atoms with Crippen LogP contribution in [0, 0.1) is 6.92 Å². The molecule has 1 N–H and O–H groups in total. The molecule has 1 aliphatic heterocycles. The Hall–Kier alpha value is -3.16. The fourth-order valence-corrected chi connectivity index (χ4v) is 2.65. The summed E-state index contributed by atoms with van der Waals surface area (Å²) >= 11 is 0. The predicted octanol–water partition coefficient (Wildman–Crippen LogP) is 2.81. The second-order valence-corrected chi connectivity index (χ2v) is 5.72. The topological polar surface area (TPSA) is 93.7 Å². The lowest BCUT2D eigenvalue weighted by Crippen LogP contribution is -2.31. The molecule has 8 heteroatoms. The molecule has 1 aliphatic rings. The van der Waals surface area contributed by atoms with E-state index < -0.39 is 12.1 Å². The molecule has 1 fully saturated rings. The first kappa shape index (κ1) is 17.7. The highest BCUT2D eigenvalue weighted by molar-refractivity contribution is 6.21. The standard InChI is InChI=1S/C18H20N4O4/c1-4-13-16(23)22(18(24)21-13)12-9-19-17(20-10-12)26-15-8-6-7-14(11(15)3)25-5-2/h6-10,13H,4-5H2,1-3H3,(H,21,24)/t13-/m1/s1. The van der Waals surface area contributed by atoms with Gasteiger partial charge in [-0.1, -0.05) is 13.0 Å². The number of rotatable bonds is 6. The van der Waals surface area contributed by atoms with E-state index >= 15 is 0 Å². The quantitative estimate of drug-likeness (QED) is 0.800. The number of urea groups is 1. The molecule has 0 unspecified atom stereocenters. The number of carbonyl (C=O) groups excluding carboxylic acids is 2. The Kier molecular flexibility index (Phi) is 5.01. The van der Waals surface area contributed by atoms with Gasteiger partial charge in [0.2, 0.25) is 0 Å². The molecular formula is C18H20N4O4. The molecule has 0 aliphatic carbocycles. The summed E-state index contributed by atoms with van der Waals surface area (Å²) < 4.78 is 11.2. The number of amides is 3. The van der Waals surface area contributed by atoms with E-state index in [0.29, 0.717) is 24.5 Å². The number of nitrogens with zero attached hydrogens (tertiary/aromatic N) is 3. The van der Waals surface area contributed by atoms with Gasteiger partial charge in [0.15, 0.2) is 0 Å². The summed E-state index contributed by atoms with van der Waals surface area (Å²) in [5.41, 5.74) is 1.14. The Balaban J connectivity index is 1.78. The molecule has 0 radical (unpaired) electrons. The zero-order chi connectivity index (χ0) is 18.7. The maximum atomic E-state index is 12.2.